The number of rotatable bonds is 4. The summed E-state index contributed by atoms with van der Waals surface area (Å²) in [4.78, 5) is 6.58. The van der Waals surface area contributed by atoms with E-state index >= 15 is 0 Å². The highest BCUT2D eigenvalue weighted by Crippen LogP contribution is 2.11. The number of imidazole rings is 1. The zero-order valence-electron chi connectivity index (χ0n) is 9.67. The lowest BCUT2D eigenvalue weighted by Crippen LogP contribution is -2.47. The Bertz CT molecular complexity index is 327. The largest absolute Gasteiger partial charge is 0.395 e. The molecule has 2 heterocycles. The number of ether oxygens (including phenoxy) is 1. The van der Waals surface area contributed by atoms with Gasteiger partial charge < -0.3 is 14.4 Å². The molecule has 0 saturated carbocycles. The summed E-state index contributed by atoms with van der Waals surface area (Å²) in [6.45, 7) is 6.19. The van der Waals surface area contributed by atoms with Crippen LogP contribution in [0.25, 0.3) is 0 Å². The van der Waals surface area contributed by atoms with Crippen LogP contribution in [0.1, 0.15) is 12.7 Å². The third-order valence-corrected chi connectivity index (χ3v) is 3.05. The second-order valence-electron chi connectivity index (χ2n) is 4.01. The molecule has 16 heavy (non-hydrogen) atoms. The van der Waals surface area contributed by atoms with Crippen LogP contribution < -0.4 is 0 Å². The minimum absolute atomic E-state index is 0.107. The number of hydrogen-bond acceptors (Lipinski definition) is 4. The summed E-state index contributed by atoms with van der Waals surface area (Å²) in [6.07, 6.45) is 3.82. The molecule has 1 N–H and O–H groups in total. The molecule has 1 aliphatic rings. The van der Waals surface area contributed by atoms with E-state index in [0.717, 1.165) is 32.1 Å². The molecule has 1 aromatic rings. The highest BCUT2D eigenvalue weighted by atomic mass is 16.5. The molecular weight excluding hydrogens is 206 g/mol. The second-order valence-corrected chi connectivity index (χ2v) is 4.01. The SMILES string of the molecule is CCn1ccnc1CN1CCOCC1CO. The summed E-state index contributed by atoms with van der Waals surface area (Å²) in [5, 5.41) is 9.27. The first-order chi connectivity index (χ1) is 7.85. The highest BCUT2D eigenvalue weighted by molar-refractivity contribution is 4.93. The van der Waals surface area contributed by atoms with Crippen molar-refractivity contribution < 1.29 is 9.84 Å². The van der Waals surface area contributed by atoms with Gasteiger partial charge in [-0.05, 0) is 6.92 Å². The predicted octanol–water partition coefficient (Wildman–Crippen LogP) is 0.0961. The van der Waals surface area contributed by atoms with Crippen molar-refractivity contribution in [3.63, 3.8) is 0 Å². The van der Waals surface area contributed by atoms with E-state index in [2.05, 4.69) is 21.4 Å². The Hall–Kier alpha value is -0.910. The van der Waals surface area contributed by atoms with Gasteiger partial charge in [0.2, 0.25) is 0 Å². The standard InChI is InChI=1S/C11H19N3O2/c1-2-13-4-3-12-11(13)7-14-5-6-16-9-10(14)8-15/h3-4,10,15H,2,5-9H2,1H3. The molecule has 0 radical (unpaired) electrons. The van der Waals surface area contributed by atoms with Crippen molar-refractivity contribution in [1.82, 2.24) is 14.5 Å². The third kappa shape index (κ3) is 2.42. The maximum atomic E-state index is 9.27. The summed E-state index contributed by atoms with van der Waals surface area (Å²) in [6, 6.07) is 0.107. The van der Waals surface area contributed by atoms with Crippen molar-refractivity contribution >= 4 is 0 Å². The van der Waals surface area contributed by atoms with Crippen LogP contribution in [-0.4, -0.2) is 52.0 Å². The van der Waals surface area contributed by atoms with Gasteiger partial charge in [0.05, 0.1) is 32.4 Å². The molecule has 5 heteroatoms. The molecule has 90 valence electrons. The van der Waals surface area contributed by atoms with E-state index in [0.29, 0.717) is 6.61 Å². The average Bonchev–Trinajstić information content (AvgIpc) is 2.77. The van der Waals surface area contributed by atoms with Crippen molar-refractivity contribution in [1.29, 1.82) is 0 Å². The lowest BCUT2D eigenvalue weighted by atomic mass is 10.2. The Labute approximate surface area is 95.7 Å². The molecule has 1 aromatic heterocycles. The molecule has 0 spiro atoms. The van der Waals surface area contributed by atoms with Gasteiger partial charge in [0.1, 0.15) is 5.82 Å². The van der Waals surface area contributed by atoms with Crippen molar-refractivity contribution in [2.45, 2.75) is 26.1 Å². The number of aryl methyl sites for hydroxylation is 1. The molecule has 0 amide bonds. The summed E-state index contributed by atoms with van der Waals surface area (Å²) in [7, 11) is 0. The Morgan fingerprint density at radius 2 is 2.50 bits per heavy atom. The number of aliphatic hydroxyl groups excluding tert-OH is 1. The van der Waals surface area contributed by atoms with Crippen LogP contribution in [0.2, 0.25) is 0 Å². The van der Waals surface area contributed by atoms with Gasteiger partial charge in [0.15, 0.2) is 0 Å². The Kier molecular flexibility index (Phi) is 3.93. The quantitative estimate of drug-likeness (QED) is 0.789. The average molecular weight is 225 g/mol. The van der Waals surface area contributed by atoms with Crippen molar-refractivity contribution in [2.24, 2.45) is 0 Å². The molecule has 1 aliphatic heterocycles. The van der Waals surface area contributed by atoms with Gasteiger partial charge in [-0.1, -0.05) is 0 Å². The molecular formula is C11H19N3O2. The van der Waals surface area contributed by atoms with E-state index in [1.54, 1.807) is 0 Å². The van der Waals surface area contributed by atoms with Crippen molar-refractivity contribution in [3.8, 4) is 0 Å². The number of nitrogens with zero attached hydrogens (tertiary/aromatic N) is 3. The van der Waals surface area contributed by atoms with Crippen molar-refractivity contribution in [3.05, 3.63) is 18.2 Å². The van der Waals surface area contributed by atoms with E-state index in [1.165, 1.54) is 0 Å². The first-order valence-electron chi connectivity index (χ1n) is 5.77. The summed E-state index contributed by atoms with van der Waals surface area (Å²) >= 11 is 0. The molecule has 0 aliphatic carbocycles. The van der Waals surface area contributed by atoms with Gasteiger partial charge in [-0.3, -0.25) is 4.90 Å². The molecule has 1 unspecified atom stereocenters. The zero-order valence-corrected chi connectivity index (χ0v) is 9.67. The molecule has 2 rings (SSSR count). The number of hydrogen-bond donors (Lipinski definition) is 1. The summed E-state index contributed by atoms with van der Waals surface area (Å²) < 4.78 is 7.48. The Morgan fingerprint density at radius 1 is 1.62 bits per heavy atom. The fourth-order valence-corrected chi connectivity index (χ4v) is 2.03. The maximum absolute atomic E-state index is 9.27. The fraction of sp³-hybridized carbons (Fsp3) is 0.727. The van der Waals surface area contributed by atoms with Gasteiger partial charge in [-0.15, -0.1) is 0 Å². The minimum Gasteiger partial charge on any atom is -0.395 e. The van der Waals surface area contributed by atoms with Crippen LogP contribution >= 0.6 is 0 Å². The van der Waals surface area contributed by atoms with E-state index in [4.69, 9.17) is 4.74 Å². The molecule has 1 saturated heterocycles. The summed E-state index contributed by atoms with van der Waals surface area (Å²) in [5.74, 6) is 1.06. The van der Waals surface area contributed by atoms with E-state index < -0.39 is 0 Å². The number of aliphatic hydroxyl groups is 1. The van der Waals surface area contributed by atoms with Crippen LogP contribution in [0.3, 0.4) is 0 Å². The molecule has 1 fully saturated rings. The molecule has 0 aromatic carbocycles. The first kappa shape index (κ1) is 11.6. The third-order valence-electron chi connectivity index (χ3n) is 3.05. The van der Waals surface area contributed by atoms with Crippen LogP contribution in [-0.2, 0) is 17.8 Å². The van der Waals surface area contributed by atoms with E-state index in [9.17, 15) is 5.11 Å². The van der Waals surface area contributed by atoms with E-state index in [1.807, 2.05) is 12.4 Å². The van der Waals surface area contributed by atoms with Gasteiger partial charge >= 0.3 is 0 Å². The second kappa shape index (κ2) is 5.43. The molecule has 0 bridgehead atoms. The lowest BCUT2D eigenvalue weighted by molar-refractivity contribution is -0.0326. The van der Waals surface area contributed by atoms with Gasteiger partial charge in [-0.25, -0.2) is 4.98 Å². The Balaban J connectivity index is 2.02. The van der Waals surface area contributed by atoms with Crippen LogP contribution in [0.15, 0.2) is 12.4 Å². The van der Waals surface area contributed by atoms with Crippen LogP contribution in [0.5, 0.6) is 0 Å². The smallest absolute Gasteiger partial charge is 0.122 e. The van der Waals surface area contributed by atoms with Gasteiger partial charge in [-0.2, -0.15) is 0 Å². The van der Waals surface area contributed by atoms with Crippen molar-refractivity contribution in [2.75, 3.05) is 26.4 Å². The number of aromatic nitrogens is 2. The van der Waals surface area contributed by atoms with Gasteiger partial charge in [0.25, 0.3) is 0 Å². The fourth-order valence-electron chi connectivity index (χ4n) is 2.03. The molecule has 5 nitrogen and oxygen atoms in total. The number of morpholine rings is 1. The van der Waals surface area contributed by atoms with Crippen LogP contribution in [0, 0.1) is 0 Å². The van der Waals surface area contributed by atoms with E-state index in [-0.39, 0.29) is 12.6 Å². The maximum Gasteiger partial charge on any atom is 0.122 e. The summed E-state index contributed by atoms with van der Waals surface area (Å²) in [5.41, 5.74) is 0. The predicted molar refractivity (Wildman–Crippen MR) is 60.0 cm³/mol. The monoisotopic (exact) mass is 225 g/mol. The van der Waals surface area contributed by atoms with Crippen LogP contribution in [0.4, 0.5) is 0 Å². The van der Waals surface area contributed by atoms with Gasteiger partial charge in [0, 0.05) is 25.5 Å². The zero-order chi connectivity index (χ0) is 11.4. The minimum atomic E-state index is 0.107. The normalized spacial score (nSPS) is 22.5. The highest BCUT2D eigenvalue weighted by Gasteiger charge is 2.23. The molecule has 1 atom stereocenters. The lowest BCUT2D eigenvalue weighted by Gasteiger charge is -2.34. The first-order valence-corrected chi connectivity index (χ1v) is 5.77. The topological polar surface area (TPSA) is 50.5 Å². The Morgan fingerprint density at radius 3 is 3.25 bits per heavy atom.